The molecule has 2 aromatic rings. The van der Waals surface area contributed by atoms with Gasteiger partial charge in [0.1, 0.15) is 5.82 Å². The number of nitrogens with one attached hydrogen (secondary N) is 1. The number of nitrogens with zero attached hydrogens (tertiary/aromatic N) is 1. The van der Waals surface area contributed by atoms with Gasteiger partial charge in [-0.05, 0) is 50.7 Å². The quantitative estimate of drug-likeness (QED) is 0.740. The summed E-state index contributed by atoms with van der Waals surface area (Å²) in [7, 11) is 0. The van der Waals surface area contributed by atoms with Crippen LogP contribution in [-0.4, -0.2) is 22.3 Å². The molecule has 0 bridgehead atoms. The zero-order chi connectivity index (χ0) is 19.5. The summed E-state index contributed by atoms with van der Waals surface area (Å²) in [5.41, 5.74) is 1.94. The van der Waals surface area contributed by atoms with Gasteiger partial charge in [0.15, 0.2) is 5.43 Å². The molecule has 1 aromatic carbocycles. The average Bonchev–Trinajstić information content (AvgIpc) is 3.24. The minimum atomic E-state index is -0.340. The van der Waals surface area contributed by atoms with Gasteiger partial charge in [-0.15, -0.1) is 0 Å². The summed E-state index contributed by atoms with van der Waals surface area (Å²) in [6.45, 7) is 0.0551. The lowest BCUT2D eigenvalue weighted by Gasteiger charge is -2.25. The molecule has 4 nitrogen and oxygen atoms in total. The first-order chi connectivity index (χ1) is 13.7. The van der Waals surface area contributed by atoms with Crippen molar-refractivity contribution in [2.45, 2.75) is 82.7 Å². The average molecular weight is 387 g/mol. The van der Waals surface area contributed by atoms with E-state index < -0.39 is 0 Å². The number of halogens is 1. The summed E-state index contributed by atoms with van der Waals surface area (Å²) in [5.74, 6) is -0.340. The maximum absolute atomic E-state index is 14.9. The summed E-state index contributed by atoms with van der Waals surface area (Å²) < 4.78 is 17.1. The predicted octanol–water partition coefficient (Wildman–Crippen LogP) is 4.93. The van der Waals surface area contributed by atoms with Gasteiger partial charge in [-0.1, -0.05) is 32.1 Å². The molecule has 0 unspecified atom stereocenters. The molecule has 28 heavy (non-hydrogen) atoms. The van der Waals surface area contributed by atoms with Gasteiger partial charge in [0.2, 0.25) is 0 Å². The van der Waals surface area contributed by atoms with Crippen molar-refractivity contribution < 1.29 is 9.50 Å². The Labute approximate surface area is 165 Å². The molecular formula is C23H31FN2O2. The van der Waals surface area contributed by atoms with E-state index in [0.29, 0.717) is 41.6 Å². The smallest absolute Gasteiger partial charge is 0.192 e. The molecular weight excluding hydrogens is 355 g/mol. The predicted molar refractivity (Wildman–Crippen MR) is 112 cm³/mol. The highest BCUT2D eigenvalue weighted by Gasteiger charge is 2.22. The molecule has 0 amide bonds. The number of rotatable bonds is 6. The number of aromatic nitrogens is 1. The molecule has 1 heterocycles. The lowest BCUT2D eigenvalue weighted by atomic mass is 9.95. The fraction of sp³-hybridized carbons (Fsp3) is 0.609. The van der Waals surface area contributed by atoms with Crippen LogP contribution in [0, 0.1) is 5.82 Å². The summed E-state index contributed by atoms with van der Waals surface area (Å²) in [4.78, 5) is 13.0. The standard InChI is InChI=1S/C23H31FN2O2/c24-20-13-19-22(14-21(20)25-17-8-2-1-3-9-17)26(18-10-4-5-11-18)15-16(23(19)28)7-6-12-27/h13-15,17-18,25,27H,1-12H2. The SMILES string of the molecule is O=c1c(CCCO)cn(C2CCCC2)c2cc(NC3CCCCC3)c(F)cc12. The van der Waals surface area contributed by atoms with Crippen LogP contribution in [0.2, 0.25) is 0 Å². The minimum Gasteiger partial charge on any atom is -0.396 e. The van der Waals surface area contributed by atoms with Crippen LogP contribution in [0.4, 0.5) is 10.1 Å². The van der Waals surface area contributed by atoms with E-state index in [1.54, 1.807) is 0 Å². The highest BCUT2D eigenvalue weighted by atomic mass is 19.1. The molecule has 2 aliphatic carbocycles. The molecule has 152 valence electrons. The molecule has 2 saturated carbocycles. The zero-order valence-corrected chi connectivity index (χ0v) is 16.6. The molecule has 2 aliphatic rings. The van der Waals surface area contributed by atoms with Gasteiger partial charge in [-0.2, -0.15) is 0 Å². The van der Waals surface area contributed by atoms with Crippen LogP contribution in [0.25, 0.3) is 10.9 Å². The van der Waals surface area contributed by atoms with Gasteiger partial charge >= 0.3 is 0 Å². The highest BCUT2D eigenvalue weighted by molar-refractivity contribution is 5.83. The van der Waals surface area contributed by atoms with E-state index in [9.17, 15) is 14.3 Å². The second-order valence-corrected chi connectivity index (χ2v) is 8.48. The van der Waals surface area contributed by atoms with Gasteiger partial charge in [0.05, 0.1) is 11.2 Å². The van der Waals surface area contributed by atoms with Gasteiger partial charge < -0.3 is 15.0 Å². The monoisotopic (exact) mass is 386 g/mol. The third kappa shape index (κ3) is 3.95. The summed E-state index contributed by atoms with van der Waals surface area (Å²) in [6.07, 6.45) is 13.4. The molecule has 1 aromatic heterocycles. The first-order valence-corrected chi connectivity index (χ1v) is 10.9. The van der Waals surface area contributed by atoms with Crippen molar-refractivity contribution in [2.24, 2.45) is 0 Å². The summed E-state index contributed by atoms with van der Waals surface area (Å²) >= 11 is 0. The number of benzene rings is 1. The van der Waals surface area contributed by atoms with Crippen molar-refractivity contribution in [1.82, 2.24) is 4.57 Å². The number of anilines is 1. The first-order valence-electron chi connectivity index (χ1n) is 10.9. The van der Waals surface area contributed by atoms with Gasteiger partial charge in [0.25, 0.3) is 0 Å². The number of hydrogen-bond donors (Lipinski definition) is 2. The molecule has 4 rings (SSSR count). The second kappa shape index (κ2) is 8.64. The van der Waals surface area contributed by atoms with E-state index in [4.69, 9.17) is 0 Å². The molecule has 0 saturated heterocycles. The number of aryl methyl sites for hydroxylation is 1. The van der Waals surface area contributed by atoms with Gasteiger partial charge in [-0.3, -0.25) is 4.79 Å². The van der Waals surface area contributed by atoms with Crippen LogP contribution >= 0.6 is 0 Å². The normalized spacial score (nSPS) is 18.8. The van der Waals surface area contributed by atoms with Crippen LogP contribution in [-0.2, 0) is 6.42 Å². The van der Waals surface area contributed by atoms with Crippen LogP contribution in [0.5, 0.6) is 0 Å². The second-order valence-electron chi connectivity index (χ2n) is 8.48. The van der Waals surface area contributed by atoms with Crippen LogP contribution < -0.4 is 10.7 Å². The van der Waals surface area contributed by atoms with Crippen molar-refractivity contribution in [2.75, 3.05) is 11.9 Å². The lowest BCUT2D eigenvalue weighted by Crippen LogP contribution is -2.23. The topological polar surface area (TPSA) is 54.3 Å². The fourth-order valence-electron chi connectivity index (χ4n) is 4.94. The van der Waals surface area contributed by atoms with E-state index in [0.717, 1.165) is 31.2 Å². The Morgan fingerprint density at radius 2 is 1.79 bits per heavy atom. The van der Waals surface area contributed by atoms with Gasteiger partial charge in [-0.25, -0.2) is 4.39 Å². The number of aliphatic hydroxyl groups is 1. The summed E-state index contributed by atoms with van der Waals surface area (Å²) in [6, 6.07) is 3.96. The third-order valence-electron chi connectivity index (χ3n) is 6.48. The molecule has 0 atom stereocenters. The third-order valence-corrected chi connectivity index (χ3v) is 6.48. The Balaban J connectivity index is 1.78. The van der Waals surface area contributed by atoms with E-state index in [2.05, 4.69) is 9.88 Å². The summed E-state index contributed by atoms with van der Waals surface area (Å²) in [5, 5.41) is 13.0. The maximum Gasteiger partial charge on any atom is 0.192 e. The van der Waals surface area contributed by atoms with Crippen molar-refractivity contribution in [1.29, 1.82) is 0 Å². The Kier molecular flexibility index (Phi) is 6.00. The Morgan fingerprint density at radius 1 is 1.07 bits per heavy atom. The van der Waals surface area contributed by atoms with E-state index >= 15 is 0 Å². The number of hydrogen-bond acceptors (Lipinski definition) is 3. The van der Waals surface area contributed by atoms with E-state index in [1.165, 1.54) is 38.2 Å². The van der Waals surface area contributed by atoms with Crippen molar-refractivity contribution >= 4 is 16.6 Å². The lowest BCUT2D eigenvalue weighted by molar-refractivity contribution is 0.288. The number of aliphatic hydroxyl groups excluding tert-OH is 1. The Bertz CT molecular complexity index is 880. The maximum atomic E-state index is 14.9. The highest BCUT2D eigenvalue weighted by Crippen LogP contribution is 2.34. The van der Waals surface area contributed by atoms with Gasteiger partial charge in [0, 0.05) is 35.8 Å². The number of pyridine rings is 1. The van der Waals surface area contributed by atoms with Crippen LogP contribution in [0.15, 0.2) is 23.1 Å². The zero-order valence-electron chi connectivity index (χ0n) is 16.6. The minimum absolute atomic E-state index is 0.0551. The van der Waals surface area contributed by atoms with Crippen LogP contribution in [0.1, 0.15) is 75.8 Å². The van der Waals surface area contributed by atoms with E-state index in [1.807, 2.05) is 12.3 Å². The molecule has 5 heteroatoms. The molecule has 2 N–H and O–H groups in total. The van der Waals surface area contributed by atoms with Crippen molar-refractivity contribution in [3.8, 4) is 0 Å². The number of fused-ring (bicyclic) bond motifs is 1. The molecule has 0 radical (unpaired) electrons. The fourth-order valence-corrected chi connectivity index (χ4v) is 4.94. The molecule has 0 aliphatic heterocycles. The Morgan fingerprint density at radius 3 is 2.50 bits per heavy atom. The molecule has 0 spiro atoms. The van der Waals surface area contributed by atoms with Crippen molar-refractivity contribution in [3.05, 3.63) is 39.9 Å². The van der Waals surface area contributed by atoms with Crippen LogP contribution in [0.3, 0.4) is 0 Å². The first kappa shape index (κ1) is 19.4. The van der Waals surface area contributed by atoms with E-state index in [-0.39, 0.29) is 17.9 Å². The largest absolute Gasteiger partial charge is 0.396 e. The molecule has 2 fully saturated rings. The van der Waals surface area contributed by atoms with Crippen molar-refractivity contribution in [3.63, 3.8) is 0 Å². The Hall–Kier alpha value is -1.88.